The highest BCUT2D eigenvalue weighted by Crippen LogP contribution is 2.21. The molecule has 118 valence electrons. The van der Waals surface area contributed by atoms with E-state index in [0.29, 0.717) is 47.1 Å². The first-order valence-corrected chi connectivity index (χ1v) is 7.46. The number of nitrogens with zero attached hydrogens (tertiary/aromatic N) is 2. The lowest BCUT2D eigenvalue weighted by atomic mass is 10.1. The summed E-state index contributed by atoms with van der Waals surface area (Å²) in [5.41, 5.74) is 2.41. The van der Waals surface area contributed by atoms with Crippen LogP contribution in [0.25, 0.3) is 0 Å². The van der Waals surface area contributed by atoms with E-state index in [0.717, 1.165) is 0 Å². The minimum absolute atomic E-state index is 0.305. The van der Waals surface area contributed by atoms with Gasteiger partial charge in [-0.3, -0.25) is 0 Å². The molecule has 0 amide bonds. The van der Waals surface area contributed by atoms with Gasteiger partial charge in [0.2, 0.25) is 11.8 Å². The fourth-order valence-electron chi connectivity index (χ4n) is 2.63. The lowest BCUT2D eigenvalue weighted by Crippen LogP contribution is -2.05. The fraction of sp³-hybridized carbons (Fsp3) is 0.111. The summed E-state index contributed by atoms with van der Waals surface area (Å²) in [7, 11) is 0. The van der Waals surface area contributed by atoms with E-state index in [1.54, 1.807) is 36.4 Å². The minimum atomic E-state index is -0.394. The summed E-state index contributed by atoms with van der Waals surface area (Å²) in [5, 5.41) is 0. The van der Waals surface area contributed by atoms with Crippen LogP contribution < -0.4 is 0 Å². The van der Waals surface area contributed by atoms with Crippen molar-refractivity contribution < 1.29 is 19.1 Å². The van der Waals surface area contributed by atoms with Crippen molar-refractivity contribution in [3.05, 3.63) is 70.8 Å². The first-order valence-electron chi connectivity index (χ1n) is 7.46. The van der Waals surface area contributed by atoms with Gasteiger partial charge in [0.05, 0.1) is 35.3 Å². The van der Waals surface area contributed by atoms with Crippen molar-refractivity contribution in [2.24, 2.45) is 9.98 Å². The van der Waals surface area contributed by atoms with E-state index < -0.39 is 11.9 Å². The lowest BCUT2D eigenvalue weighted by Gasteiger charge is -1.98. The monoisotopic (exact) mass is 320 g/mol. The van der Waals surface area contributed by atoms with E-state index in [1.165, 1.54) is 0 Å². The second-order valence-corrected chi connectivity index (χ2v) is 5.24. The molecule has 0 aliphatic carbocycles. The first-order chi connectivity index (χ1) is 11.7. The number of hydrogen-bond donors (Lipinski definition) is 0. The highest BCUT2D eigenvalue weighted by molar-refractivity contribution is 6.17. The van der Waals surface area contributed by atoms with Gasteiger partial charge in [0.1, 0.15) is 0 Å². The maximum atomic E-state index is 11.7. The molecule has 2 aromatic rings. The van der Waals surface area contributed by atoms with Gasteiger partial charge in [-0.25, -0.2) is 19.6 Å². The molecule has 0 saturated carbocycles. The molecular formula is C18H12N2O4. The maximum Gasteiger partial charge on any atom is 0.345 e. The van der Waals surface area contributed by atoms with Crippen LogP contribution in [0.2, 0.25) is 0 Å². The van der Waals surface area contributed by atoms with Crippen molar-refractivity contribution in [3.63, 3.8) is 0 Å². The SMILES string of the molecule is O=C1OC(=NCCN=C2OC(=O)c3ccccc32)c2ccccc21. The molecule has 2 aliphatic rings. The molecule has 2 aliphatic heterocycles. The van der Waals surface area contributed by atoms with Gasteiger partial charge in [-0.2, -0.15) is 0 Å². The number of carbonyl (C=O) groups is 2. The molecule has 0 saturated heterocycles. The quantitative estimate of drug-likeness (QED) is 0.642. The molecular weight excluding hydrogens is 308 g/mol. The number of aliphatic imine (C=N–C) groups is 2. The molecule has 24 heavy (non-hydrogen) atoms. The molecule has 0 spiro atoms. The molecule has 0 fully saturated rings. The summed E-state index contributed by atoms with van der Waals surface area (Å²) in [6.45, 7) is 0.639. The van der Waals surface area contributed by atoms with Crippen molar-refractivity contribution in [1.29, 1.82) is 0 Å². The molecule has 0 bridgehead atoms. The summed E-state index contributed by atoms with van der Waals surface area (Å²) in [6.07, 6.45) is 0. The van der Waals surface area contributed by atoms with Gasteiger partial charge in [0.25, 0.3) is 0 Å². The summed E-state index contributed by atoms with van der Waals surface area (Å²) in [6, 6.07) is 14.2. The second kappa shape index (κ2) is 5.73. The highest BCUT2D eigenvalue weighted by Gasteiger charge is 2.28. The number of fused-ring (bicyclic) bond motifs is 2. The third kappa shape index (κ3) is 2.38. The molecule has 6 nitrogen and oxygen atoms in total. The Morgan fingerprint density at radius 3 is 1.42 bits per heavy atom. The standard InChI is InChI=1S/C18H12N2O4/c21-17-13-7-3-1-5-11(13)15(23-17)19-9-10-20-16-12-6-2-4-8-14(12)18(22)24-16/h1-8H,9-10H2. The van der Waals surface area contributed by atoms with E-state index in [9.17, 15) is 9.59 Å². The second-order valence-electron chi connectivity index (χ2n) is 5.24. The molecule has 2 aromatic carbocycles. The summed E-state index contributed by atoms with van der Waals surface area (Å²) in [5.74, 6) is -0.178. The van der Waals surface area contributed by atoms with E-state index in [-0.39, 0.29) is 0 Å². The van der Waals surface area contributed by atoms with Crippen LogP contribution in [0.4, 0.5) is 0 Å². The Morgan fingerprint density at radius 1 is 0.625 bits per heavy atom. The zero-order valence-electron chi connectivity index (χ0n) is 12.6. The third-order valence-electron chi connectivity index (χ3n) is 3.74. The highest BCUT2D eigenvalue weighted by atomic mass is 16.6. The minimum Gasteiger partial charge on any atom is -0.404 e. The number of ether oxygens (including phenoxy) is 2. The number of esters is 2. The van der Waals surface area contributed by atoms with Crippen LogP contribution in [0.5, 0.6) is 0 Å². The van der Waals surface area contributed by atoms with Crippen LogP contribution in [0.15, 0.2) is 58.5 Å². The first kappa shape index (κ1) is 14.3. The van der Waals surface area contributed by atoms with E-state index >= 15 is 0 Å². The Labute approximate surface area is 137 Å². The number of rotatable bonds is 3. The largest absolute Gasteiger partial charge is 0.404 e. The van der Waals surface area contributed by atoms with Gasteiger partial charge in [0, 0.05) is 0 Å². The Bertz CT molecular complexity index is 839. The molecule has 0 aromatic heterocycles. The van der Waals surface area contributed by atoms with E-state index in [1.807, 2.05) is 12.1 Å². The van der Waals surface area contributed by atoms with Crippen molar-refractivity contribution in [3.8, 4) is 0 Å². The van der Waals surface area contributed by atoms with Crippen LogP contribution in [0.1, 0.15) is 31.8 Å². The van der Waals surface area contributed by atoms with Crippen LogP contribution in [-0.2, 0) is 9.47 Å². The Morgan fingerprint density at radius 2 is 1.00 bits per heavy atom. The van der Waals surface area contributed by atoms with Gasteiger partial charge < -0.3 is 9.47 Å². The zero-order chi connectivity index (χ0) is 16.5. The molecule has 2 heterocycles. The average molecular weight is 320 g/mol. The Kier molecular flexibility index (Phi) is 3.42. The Hall–Kier alpha value is -3.28. The number of hydrogen-bond acceptors (Lipinski definition) is 6. The van der Waals surface area contributed by atoms with Crippen LogP contribution in [-0.4, -0.2) is 36.8 Å². The van der Waals surface area contributed by atoms with Crippen LogP contribution >= 0.6 is 0 Å². The van der Waals surface area contributed by atoms with Crippen molar-refractivity contribution in [1.82, 2.24) is 0 Å². The molecule has 4 rings (SSSR count). The molecule has 0 N–H and O–H groups in total. The third-order valence-corrected chi connectivity index (χ3v) is 3.74. The zero-order valence-corrected chi connectivity index (χ0v) is 12.6. The van der Waals surface area contributed by atoms with E-state index in [4.69, 9.17) is 9.47 Å². The lowest BCUT2D eigenvalue weighted by molar-refractivity contribution is 0.0726. The topological polar surface area (TPSA) is 77.3 Å². The van der Waals surface area contributed by atoms with Gasteiger partial charge in [-0.05, 0) is 24.3 Å². The summed E-state index contributed by atoms with van der Waals surface area (Å²) in [4.78, 5) is 32.0. The fourth-order valence-corrected chi connectivity index (χ4v) is 2.63. The summed E-state index contributed by atoms with van der Waals surface area (Å²) >= 11 is 0. The molecule has 6 heteroatoms. The van der Waals surface area contributed by atoms with Gasteiger partial charge in [-0.1, -0.05) is 24.3 Å². The van der Waals surface area contributed by atoms with Crippen molar-refractivity contribution in [2.45, 2.75) is 0 Å². The normalized spacial score (nSPS) is 18.5. The maximum absolute atomic E-state index is 11.7. The molecule has 0 unspecified atom stereocenters. The van der Waals surface area contributed by atoms with Gasteiger partial charge in [-0.15, -0.1) is 0 Å². The van der Waals surface area contributed by atoms with Gasteiger partial charge in [0.15, 0.2) is 0 Å². The molecule has 0 radical (unpaired) electrons. The number of benzene rings is 2. The Balaban J connectivity index is 1.48. The number of carbonyl (C=O) groups excluding carboxylic acids is 2. The van der Waals surface area contributed by atoms with Crippen LogP contribution in [0.3, 0.4) is 0 Å². The predicted molar refractivity (Wildman–Crippen MR) is 86.5 cm³/mol. The average Bonchev–Trinajstić information content (AvgIpc) is 3.10. The summed E-state index contributed by atoms with van der Waals surface area (Å²) < 4.78 is 10.3. The van der Waals surface area contributed by atoms with Gasteiger partial charge >= 0.3 is 11.9 Å². The van der Waals surface area contributed by atoms with Crippen molar-refractivity contribution in [2.75, 3.05) is 13.1 Å². The van der Waals surface area contributed by atoms with Crippen molar-refractivity contribution >= 4 is 23.7 Å². The van der Waals surface area contributed by atoms with Crippen LogP contribution in [0, 0.1) is 0 Å². The van der Waals surface area contributed by atoms with E-state index in [2.05, 4.69) is 9.98 Å². The smallest absolute Gasteiger partial charge is 0.345 e. The predicted octanol–water partition coefficient (Wildman–Crippen LogP) is 2.22. The molecule has 0 atom stereocenters. The number of cyclic esters (lactones) is 2.